The van der Waals surface area contributed by atoms with Gasteiger partial charge in [0.25, 0.3) is 0 Å². The summed E-state index contributed by atoms with van der Waals surface area (Å²) in [5.74, 6) is 0.352. The van der Waals surface area contributed by atoms with Crippen molar-refractivity contribution in [3.63, 3.8) is 0 Å². The second-order valence-corrected chi connectivity index (χ2v) is 3.78. The van der Waals surface area contributed by atoms with Crippen molar-refractivity contribution in [2.24, 2.45) is 0 Å². The van der Waals surface area contributed by atoms with E-state index < -0.39 is 0 Å². The molecule has 2 rings (SSSR count). The van der Waals surface area contributed by atoms with Crippen molar-refractivity contribution in [1.82, 2.24) is 0 Å². The van der Waals surface area contributed by atoms with Crippen LogP contribution < -0.4 is 4.74 Å². The number of rotatable bonds is 2. The van der Waals surface area contributed by atoms with E-state index in [4.69, 9.17) is 9.47 Å². The Morgan fingerprint density at radius 1 is 1.40 bits per heavy atom. The zero-order valence-corrected chi connectivity index (χ0v) is 8.83. The van der Waals surface area contributed by atoms with Crippen molar-refractivity contribution in [3.8, 4) is 5.75 Å². The van der Waals surface area contributed by atoms with Crippen molar-refractivity contribution >= 4 is 0 Å². The van der Waals surface area contributed by atoms with E-state index in [0.29, 0.717) is 11.3 Å². The predicted molar refractivity (Wildman–Crippen MR) is 55.4 cm³/mol. The van der Waals surface area contributed by atoms with Gasteiger partial charge in [0, 0.05) is 12.0 Å². The second-order valence-electron chi connectivity index (χ2n) is 3.78. The summed E-state index contributed by atoms with van der Waals surface area (Å²) in [4.78, 5) is 0. The Kier molecular flexibility index (Phi) is 3.21. The number of benzene rings is 1. The van der Waals surface area contributed by atoms with E-state index in [1.807, 2.05) is 0 Å². The van der Waals surface area contributed by atoms with E-state index in [-0.39, 0.29) is 12.1 Å². The van der Waals surface area contributed by atoms with Crippen LogP contribution in [0.4, 0.5) is 4.39 Å². The van der Waals surface area contributed by atoms with Gasteiger partial charge in [-0.15, -0.1) is 0 Å². The SMILES string of the molecule is Cc1c(F)cccc1OC1CCCCO1. The van der Waals surface area contributed by atoms with Crippen LogP contribution in [0.2, 0.25) is 0 Å². The molecule has 1 atom stereocenters. The summed E-state index contributed by atoms with van der Waals surface area (Å²) in [5.41, 5.74) is 0.548. The van der Waals surface area contributed by atoms with Gasteiger partial charge in [0.2, 0.25) is 0 Å². The number of ether oxygens (including phenoxy) is 2. The minimum atomic E-state index is -0.233. The zero-order valence-electron chi connectivity index (χ0n) is 8.83. The van der Waals surface area contributed by atoms with Crippen molar-refractivity contribution in [3.05, 3.63) is 29.6 Å². The van der Waals surface area contributed by atoms with Gasteiger partial charge in [-0.2, -0.15) is 0 Å². The topological polar surface area (TPSA) is 18.5 Å². The van der Waals surface area contributed by atoms with Crippen LogP contribution in [0.15, 0.2) is 18.2 Å². The molecule has 0 aromatic heterocycles. The van der Waals surface area contributed by atoms with Crippen LogP contribution in [0.3, 0.4) is 0 Å². The molecule has 1 aromatic rings. The Balaban J connectivity index is 2.06. The summed E-state index contributed by atoms with van der Waals surface area (Å²) < 4.78 is 24.2. The molecule has 0 aliphatic carbocycles. The standard InChI is InChI=1S/C12H15FO2/c1-9-10(13)5-4-6-11(9)15-12-7-2-3-8-14-12/h4-6,12H,2-3,7-8H2,1H3. The van der Waals surface area contributed by atoms with E-state index in [0.717, 1.165) is 25.9 Å². The van der Waals surface area contributed by atoms with Gasteiger partial charge < -0.3 is 9.47 Å². The van der Waals surface area contributed by atoms with Crippen LogP contribution in [-0.2, 0) is 4.74 Å². The Morgan fingerprint density at radius 2 is 2.27 bits per heavy atom. The van der Waals surface area contributed by atoms with Gasteiger partial charge in [0.05, 0.1) is 6.61 Å². The number of hydrogen-bond acceptors (Lipinski definition) is 2. The van der Waals surface area contributed by atoms with Gasteiger partial charge in [-0.05, 0) is 31.9 Å². The van der Waals surface area contributed by atoms with Crippen LogP contribution in [0.25, 0.3) is 0 Å². The van der Waals surface area contributed by atoms with Crippen LogP contribution in [0, 0.1) is 12.7 Å². The molecule has 1 unspecified atom stereocenters. The van der Waals surface area contributed by atoms with Gasteiger partial charge in [0.1, 0.15) is 11.6 Å². The maximum Gasteiger partial charge on any atom is 0.199 e. The molecule has 82 valence electrons. The molecular weight excluding hydrogens is 195 g/mol. The molecule has 0 bridgehead atoms. The Hall–Kier alpha value is -1.09. The summed E-state index contributed by atoms with van der Waals surface area (Å²) >= 11 is 0. The van der Waals surface area contributed by atoms with Crippen molar-refractivity contribution in [2.45, 2.75) is 32.5 Å². The van der Waals surface area contributed by atoms with E-state index in [1.54, 1.807) is 19.1 Å². The molecular formula is C12H15FO2. The molecule has 0 amide bonds. The lowest BCUT2D eigenvalue weighted by molar-refractivity contribution is -0.106. The molecule has 3 heteroatoms. The second kappa shape index (κ2) is 4.62. The molecule has 0 radical (unpaired) electrons. The fraction of sp³-hybridized carbons (Fsp3) is 0.500. The molecule has 0 N–H and O–H groups in total. The highest BCUT2D eigenvalue weighted by molar-refractivity contribution is 5.33. The average Bonchev–Trinajstić information content (AvgIpc) is 2.26. The maximum atomic E-state index is 13.2. The lowest BCUT2D eigenvalue weighted by atomic mass is 10.2. The molecule has 15 heavy (non-hydrogen) atoms. The van der Waals surface area contributed by atoms with Gasteiger partial charge in [0.15, 0.2) is 6.29 Å². The summed E-state index contributed by atoms with van der Waals surface area (Å²) in [6.07, 6.45) is 2.87. The monoisotopic (exact) mass is 210 g/mol. The minimum absolute atomic E-state index is 0.209. The first-order valence-electron chi connectivity index (χ1n) is 5.31. The third-order valence-electron chi connectivity index (χ3n) is 2.61. The fourth-order valence-corrected chi connectivity index (χ4v) is 1.66. The minimum Gasteiger partial charge on any atom is -0.465 e. The van der Waals surface area contributed by atoms with E-state index in [1.165, 1.54) is 6.07 Å². The predicted octanol–water partition coefficient (Wildman–Crippen LogP) is 3.04. The highest BCUT2D eigenvalue weighted by Gasteiger charge is 2.16. The highest BCUT2D eigenvalue weighted by Crippen LogP contribution is 2.24. The van der Waals surface area contributed by atoms with E-state index in [9.17, 15) is 4.39 Å². The molecule has 2 nitrogen and oxygen atoms in total. The Morgan fingerprint density at radius 3 is 3.00 bits per heavy atom. The number of halogens is 1. The van der Waals surface area contributed by atoms with E-state index in [2.05, 4.69) is 0 Å². The van der Waals surface area contributed by atoms with Crippen LogP contribution >= 0.6 is 0 Å². The largest absolute Gasteiger partial charge is 0.465 e. The molecule has 1 aliphatic rings. The third kappa shape index (κ3) is 2.48. The molecule has 1 saturated heterocycles. The smallest absolute Gasteiger partial charge is 0.199 e. The lowest BCUT2D eigenvalue weighted by Crippen LogP contribution is -2.25. The molecule has 1 heterocycles. The third-order valence-corrected chi connectivity index (χ3v) is 2.61. The average molecular weight is 210 g/mol. The zero-order chi connectivity index (χ0) is 10.7. The first kappa shape index (κ1) is 10.4. The summed E-state index contributed by atoms with van der Waals surface area (Å²) in [5, 5.41) is 0. The normalized spacial score (nSPS) is 21.3. The Labute approximate surface area is 89.0 Å². The quantitative estimate of drug-likeness (QED) is 0.747. The van der Waals surface area contributed by atoms with E-state index >= 15 is 0 Å². The highest BCUT2D eigenvalue weighted by atomic mass is 19.1. The molecule has 0 saturated carbocycles. The lowest BCUT2D eigenvalue weighted by Gasteiger charge is -2.24. The van der Waals surface area contributed by atoms with Crippen molar-refractivity contribution < 1.29 is 13.9 Å². The number of hydrogen-bond donors (Lipinski definition) is 0. The molecule has 0 spiro atoms. The van der Waals surface area contributed by atoms with Gasteiger partial charge in [-0.1, -0.05) is 6.07 Å². The first-order chi connectivity index (χ1) is 7.27. The van der Waals surface area contributed by atoms with Crippen molar-refractivity contribution in [2.75, 3.05) is 6.61 Å². The van der Waals surface area contributed by atoms with Gasteiger partial charge in [-0.3, -0.25) is 0 Å². The first-order valence-corrected chi connectivity index (χ1v) is 5.31. The fourth-order valence-electron chi connectivity index (χ4n) is 1.66. The summed E-state index contributed by atoms with van der Waals surface area (Å²) in [6.45, 7) is 2.45. The molecule has 1 aromatic carbocycles. The van der Waals surface area contributed by atoms with Crippen molar-refractivity contribution in [1.29, 1.82) is 0 Å². The van der Waals surface area contributed by atoms with Crippen LogP contribution in [0.1, 0.15) is 24.8 Å². The Bertz CT molecular complexity index is 332. The molecule has 1 aliphatic heterocycles. The van der Waals surface area contributed by atoms with Crippen LogP contribution in [0.5, 0.6) is 5.75 Å². The van der Waals surface area contributed by atoms with Crippen LogP contribution in [-0.4, -0.2) is 12.9 Å². The van der Waals surface area contributed by atoms with Gasteiger partial charge >= 0.3 is 0 Å². The summed E-state index contributed by atoms with van der Waals surface area (Å²) in [6, 6.07) is 4.86. The maximum absolute atomic E-state index is 13.2. The summed E-state index contributed by atoms with van der Waals surface area (Å²) in [7, 11) is 0. The molecule has 1 fully saturated rings. The van der Waals surface area contributed by atoms with Gasteiger partial charge in [-0.25, -0.2) is 4.39 Å².